The predicted octanol–water partition coefficient (Wildman–Crippen LogP) is 4.28. The van der Waals surface area contributed by atoms with Crippen LogP contribution in [0.2, 0.25) is 5.02 Å². The van der Waals surface area contributed by atoms with Gasteiger partial charge in [0.05, 0.1) is 12.8 Å². The summed E-state index contributed by atoms with van der Waals surface area (Å²) in [6, 6.07) is 13.1. The molecule has 2 N–H and O–H groups in total. The SMILES string of the molecule is C/C(CC(=O)Nc1cccc2c1CCCC2)=N/NC(=O)Cc1ccc(Cl)cc1. The molecular weight excluding hydrogens is 374 g/mol. The Morgan fingerprint density at radius 3 is 2.57 bits per heavy atom. The fourth-order valence-corrected chi connectivity index (χ4v) is 3.48. The van der Waals surface area contributed by atoms with E-state index in [1.165, 1.54) is 17.5 Å². The van der Waals surface area contributed by atoms with Crippen LogP contribution < -0.4 is 10.7 Å². The van der Waals surface area contributed by atoms with Gasteiger partial charge in [-0.3, -0.25) is 9.59 Å². The normalized spacial score (nSPS) is 13.6. The monoisotopic (exact) mass is 397 g/mol. The largest absolute Gasteiger partial charge is 0.325 e. The molecule has 0 bridgehead atoms. The Kier molecular flexibility index (Phi) is 6.82. The molecule has 28 heavy (non-hydrogen) atoms. The third kappa shape index (κ3) is 5.67. The molecule has 2 aromatic rings. The summed E-state index contributed by atoms with van der Waals surface area (Å²) in [5, 5.41) is 7.65. The molecule has 0 saturated heterocycles. The fourth-order valence-electron chi connectivity index (χ4n) is 3.35. The van der Waals surface area contributed by atoms with Gasteiger partial charge in [-0.1, -0.05) is 35.9 Å². The van der Waals surface area contributed by atoms with Gasteiger partial charge < -0.3 is 5.32 Å². The first-order chi connectivity index (χ1) is 13.5. The van der Waals surface area contributed by atoms with Crippen molar-refractivity contribution >= 4 is 34.8 Å². The van der Waals surface area contributed by atoms with Gasteiger partial charge in [-0.25, -0.2) is 5.43 Å². The van der Waals surface area contributed by atoms with E-state index in [9.17, 15) is 9.59 Å². The van der Waals surface area contributed by atoms with Gasteiger partial charge in [-0.2, -0.15) is 5.10 Å². The molecule has 0 spiro atoms. The van der Waals surface area contributed by atoms with Crippen molar-refractivity contribution in [2.24, 2.45) is 5.10 Å². The second-order valence-corrected chi connectivity index (χ2v) is 7.50. The van der Waals surface area contributed by atoms with Crippen LogP contribution in [-0.2, 0) is 28.9 Å². The summed E-state index contributed by atoms with van der Waals surface area (Å²) in [5.41, 5.74) is 7.35. The highest BCUT2D eigenvalue weighted by Crippen LogP contribution is 2.27. The fraction of sp³-hybridized carbons (Fsp3) is 0.318. The number of aryl methyl sites for hydroxylation is 1. The van der Waals surface area contributed by atoms with Crippen molar-refractivity contribution in [3.63, 3.8) is 0 Å². The molecule has 0 radical (unpaired) electrons. The number of carbonyl (C=O) groups is 2. The average Bonchev–Trinajstić information content (AvgIpc) is 2.68. The molecule has 0 aromatic heterocycles. The van der Waals surface area contributed by atoms with E-state index in [1.807, 2.05) is 12.1 Å². The third-order valence-corrected chi connectivity index (χ3v) is 4.99. The first kappa shape index (κ1) is 20.1. The summed E-state index contributed by atoms with van der Waals surface area (Å²) >= 11 is 5.84. The van der Waals surface area contributed by atoms with E-state index in [0.717, 1.165) is 30.5 Å². The standard InChI is InChI=1S/C22H24ClN3O2/c1-15(25-26-22(28)14-16-9-11-18(23)12-10-16)13-21(27)24-20-8-4-6-17-5-2-3-7-19(17)20/h4,6,8-12H,2-3,5,7,13-14H2,1H3,(H,24,27)(H,26,28)/b25-15-. The maximum atomic E-state index is 12.4. The Hall–Kier alpha value is -2.66. The molecule has 2 aromatic carbocycles. The smallest absolute Gasteiger partial charge is 0.244 e. The van der Waals surface area contributed by atoms with Crippen LogP contribution in [-0.4, -0.2) is 17.5 Å². The maximum Gasteiger partial charge on any atom is 0.244 e. The molecule has 146 valence electrons. The lowest BCUT2D eigenvalue weighted by Crippen LogP contribution is -2.23. The number of halogens is 1. The van der Waals surface area contributed by atoms with Gasteiger partial charge in [0.2, 0.25) is 11.8 Å². The van der Waals surface area contributed by atoms with Crippen molar-refractivity contribution in [3.05, 3.63) is 64.2 Å². The minimum atomic E-state index is -0.237. The van der Waals surface area contributed by atoms with E-state index in [1.54, 1.807) is 31.2 Å². The number of hydrogen-bond donors (Lipinski definition) is 2. The Labute approximate surface area is 170 Å². The summed E-state index contributed by atoms with van der Waals surface area (Å²) in [5.74, 6) is -0.369. The first-order valence-corrected chi connectivity index (χ1v) is 9.86. The maximum absolute atomic E-state index is 12.4. The molecule has 0 saturated carbocycles. The summed E-state index contributed by atoms with van der Waals surface area (Å²) in [7, 11) is 0. The number of nitrogens with zero attached hydrogens (tertiary/aromatic N) is 1. The van der Waals surface area contributed by atoms with Crippen LogP contribution in [0, 0.1) is 0 Å². The van der Waals surface area contributed by atoms with Crippen molar-refractivity contribution in [2.75, 3.05) is 5.32 Å². The van der Waals surface area contributed by atoms with Gasteiger partial charge in [0, 0.05) is 16.4 Å². The molecule has 6 heteroatoms. The summed E-state index contributed by atoms with van der Waals surface area (Å²) < 4.78 is 0. The lowest BCUT2D eigenvalue weighted by Gasteiger charge is -2.19. The lowest BCUT2D eigenvalue weighted by molar-refractivity contribution is -0.120. The topological polar surface area (TPSA) is 70.6 Å². The predicted molar refractivity (Wildman–Crippen MR) is 113 cm³/mol. The third-order valence-electron chi connectivity index (χ3n) is 4.74. The second-order valence-electron chi connectivity index (χ2n) is 7.06. The minimum absolute atomic E-state index is 0.130. The number of benzene rings is 2. The highest BCUT2D eigenvalue weighted by atomic mass is 35.5. The summed E-state index contributed by atoms with van der Waals surface area (Å²) in [6.07, 6.45) is 4.76. The van der Waals surface area contributed by atoms with Crippen LogP contribution >= 0.6 is 11.6 Å². The van der Waals surface area contributed by atoms with Crippen LogP contribution in [0.4, 0.5) is 5.69 Å². The number of nitrogens with one attached hydrogen (secondary N) is 2. The molecule has 1 aliphatic rings. The highest BCUT2D eigenvalue weighted by Gasteiger charge is 2.14. The Bertz CT molecular complexity index is 891. The van der Waals surface area contributed by atoms with Gasteiger partial charge in [-0.15, -0.1) is 0 Å². The van der Waals surface area contributed by atoms with E-state index in [-0.39, 0.29) is 24.7 Å². The molecule has 5 nitrogen and oxygen atoms in total. The number of amides is 2. The first-order valence-electron chi connectivity index (χ1n) is 9.48. The molecule has 3 rings (SSSR count). The summed E-state index contributed by atoms with van der Waals surface area (Å²) in [6.45, 7) is 1.72. The van der Waals surface area contributed by atoms with Crippen LogP contribution in [0.1, 0.15) is 42.9 Å². The van der Waals surface area contributed by atoms with E-state index in [0.29, 0.717) is 10.7 Å². The molecular formula is C22H24ClN3O2. The van der Waals surface area contributed by atoms with Crippen LogP contribution in [0.3, 0.4) is 0 Å². The van der Waals surface area contributed by atoms with Crippen LogP contribution in [0.25, 0.3) is 0 Å². The highest BCUT2D eigenvalue weighted by molar-refractivity contribution is 6.30. The lowest BCUT2D eigenvalue weighted by atomic mass is 9.90. The van der Waals surface area contributed by atoms with Crippen molar-refractivity contribution in [2.45, 2.75) is 45.4 Å². The zero-order chi connectivity index (χ0) is 19.9. The van der Waals surface area contributed by atoms with Crippen molar-refractivity contribution < 1.29 is 9.59 Å². The average molecular weight is 398 g/mol. The number of carbonyl (C=O) groups excluding carboxylic acids is 2. The van der Waals surface area contributed by atoms with Crippen molar-refractivity contribution in [1.29, 1.82) is 0 Å². The number of fused-ring (bicyclic) bond motifs is 1. The van der Waals surface area contributed by atoms with Gasteiger partial charge in [-0.05, 0) is 67.5 Å². The van der Waals surface area contributed by atoms with Crippen molar-refractivity contribution in [1.82, 2.24) is 5.43 Å². The molecule has 0 fully saturated rings. The molecule has 1 aliphatic carbocycles. The van der Waals surface area contributed by atoms with E-state index in [2.05, 4.69) is 21.9 Å². The molecule has 0 atom stereocenters. The number of hydrogen-bond acceptors (Lipinski definition) is 3. The Balaban J connectivity index is 1.51. The van der Waals surface area contributed by atoms with Gasteiger partial charge >= 0.3 is 0 Å². The van der Waals surface area contributed by atoms with Crippen molar-refractivity contribution in [3.8, 4) is 0 Å². The van der Waals surface area contributed by atoms with Gasteiger partial charge in [0.1, 0.15) is 0 Å². The Morgan fingerprint density at radius 1 is 1.04 bits per heavy atom. The van der Waals surface area contributed by atoms with E-state index in [4.69, 9.17) is 11.6 Å². The number of rotatable bonds is 6. The minimum Gasteiger partial charge on any atom is -0.325 e. The Morgan fingerprint density at radius 2 is 1.79 bits per heavy atom. The van der Waals surface area contributed by atoms with Crippen LogP contribution in [0.15, 0.2) is 47.6 Å². The zero-order valence-corrected chi connectivity index (χ0v) is 16.7. The summed E-state index contributed by atoms with van der Waals surface area (Å²) in [4.78, 5) is 24.3. The van der Waals surface area contributed by atoms with E-state index < -0.39 is 0 Å². The second kappa shape index (κ2) is 9.51. The molecule has 0 heterocycles. The molecule has 2 amide bonds. The quantitative estimate of drug-likeness (QED) is 0.564. The number of anilines is 1. The molecule has 0 aliphatic heterocycles. The number of hydrazone groups is 1. The van der Waals surface area contributed by atoms with Crippen LogP contribution in [0.5, 0.6) is 0 Å². The molecule has 0 unspecified atom stereocenters. The zero-order valence-electron chi connectivity index (χ0n) is 15.9. The van der Waals surface area contributed by atoms with Gasteiger partial charge in [0.15, 0.2) is 0 Å². The van der Waals surface area contributed by atoms with Gasteiger partial charge in [0.25, 0.3) is 0 Å². The van der Waals surface area contributed by atoms with E-state index >= 15 is 0 Å².